The largest absolute Gasteiger partial charge is 0.540 e. The van der Waals surface area contributed by atoms with Crippen molar-refractivity contribution in [3.8, 4) is 0 Å². The smallest absolute Gasteiger partial charge is 0.474 e. The molecule has 0 aromatic heterocycles. The molecule has 1 aliphatic heterocycles. The summed E-state index contributed by atoms with van der Waals surface area (Å²) in [7, 11) is 0. The van der Waals surface area contributed by atoms with Crippen LogP contribution in [-0.2, 0) is 0 Å². The Morgan fingerprint density at radius 2 is 2.00 bits per heavy atom. The lowest BCUT2D eigenvalue weighted by molar-refractivity contribution is -0.356. The fourth-order valence-corrected chi connectivity index (χ4v) is 1.58. The van der Waals surface area contributed by atoms with E-state index in [0.29, 0.717) is 11.3 Å². The number of nitrogens with one attached hydrogen (secondary N) is 2. The van der Waals surface area contributed by atoms with Gasteiger partial charge in [0.1, 0.15) is 0 Å². The van der Waals surface area contributed by atoms with Crippen LogP contribution in [0.4, 0.5) is 5.69 Å². The Balaban J connectivity index is 2.62. The Hall–Kier alpha value is -1.33. The lowest BCUT2D eigenvalue weighted by Crippen LogP contribution is -2.83. The molecule has 0 saturated carbocycles. The van der Waals surface area contributed by atoms with Crippen LogP contribution in [0.1, 0.15) is 6.92 Å². The van der Waals surface area contributed by atoms with Crippen LogP contribution in [0.5, 0.6) is 0 Å². The van der Waals surface area contributed by atoms with Crippen LogP contribution in [0.2, 0.25) is 0 Å². The maximum atomic E-state index is 9.64. The zero-order valence-corrected chi connectivity index (χ0v) is 7.28. The van der Waals surface area contributed by atoms with Crippen LogP contribution in [0, 0.1) is 0 Å². The number of para-hydroxylation sites is 1. The minimum atomic E-state index is -2.62. The van der Waals surface area contributed by atoms with Gasteiger partial charge in [0.15, 0.2) is 0 Å². The summed E-state index contributed by atoms with van der Waals surface area (Å²) in [6, 6.07) is 7.10. The Bertz CT molecular complexity index is 376. The van der Waals surface area contributed by atoms with E-state index < -0.39 is 6.69 Å². The van der Waals surface area contributed by atoms with E-state index in [4.69, 9.17) is 0 Å². The van der Waals surface area contributed by atoms with Gasteiger partial charge in [-0.3, -0.25) is 4.99 Å². The summed E-state index contributed by atoms with van der Waals surface area (Å²) in [5.41, 5.74) is 1.23. The molecule has 2 rings (SSSR count). The van der Waals surface area contributed by atoms with E-state index in [1.807, 2.05) is 12.1 Å². The Labute approximate surface area is 75.9 Å². The molecule has 5 heteroatoms. The van der Waals surface area contributed by atoms with Gasteiger partial charge in [0, 0.05) is 6.92 Å². The van der Waals surface area contributed by atoms with Crippen molar-refractivity contribution in [2.24, 2.45) is 0 Å². The number of hydrogen-bond donors (Lipinski definition) is 4. The maximum absolute atomic E-state index is 9.64. The van der Waals surface area contributed by atoms with Gasteiger partial charge in [-0.15, -0.1) is 0 Å². The maximum Gasteiger partial charge on any atom is 0.474 e. The van der Waals surface area contributed by atoms with E-state index in [1.54, 1.807) is 19.1 Å². The zero-order chi connectivity index (χ0) is 9.47. The lowest BCUT2D eigenvalue weighted by Gasteiger charge is -2.29. The summed E-state index contributed by atoms with van der Waals surface area (Å²) in [5.74, 6) is 0.642. The summed E-state index contributed by atoms with van der Waals surface area (Å²) in [6.07, 6.45) is 0. The average molecular weight is 178 g/mol. The minimum absolute atomic E-state index is 0.494. The number of hydrogen-bond acceptors (Lipinski definition) is 3. The van der Waals surface area contributed by atoms with Crippen molar-refractivity contribution in [2.75, 3.05) is 0 Å². The van der Waals surface area contributed by atoms with Gasteiger partial charge < -0.3 is 15.3 Å². The van der Waals surface area contributed by atoms with Gasteiger partial charge in [0.2, 0.25) is 5.84 Å². The van der Waals surface area contributed by atoms with Gasteiger partial charge in [-0.1, -0.05) is 23.7 Å². The third kappa shape index (κ3) is 1.32. The van der Waals surface area contributed by atoms with Gasteiger partial charge in [-0.2, -0.15) is 0 Å². The van der Waals surface area contributed by atoms with Crippen molar-refractivity contribution >= 4 is 23.7 Å². The fraction of sp³-hybridized carbons (Fsp3) is 0.125. The molecule has 1 aromatic carbocycles. The summed E-state index contributed by atoms with van der Waals surface area (Å²) >= 11 is 0. The zero-order valence-electron chi connectivity index (χ0n) is 7.28. The third-order valence-electron chi connectivity index (χ3n) is 2.13. The molecule has 0 radical (unpaired) electrons. The fourth-order valence-electron chi connectivity index (χ4n) is 1.58. The topological polar surface area (TPSA) is 66.5 Å². The standard InChI is InChI=1S/C8H10BN2O2/c1-6-10-8-5-3-2-4-7(8)9(12,13)11-6/h2-5,12-13H,1H3,(H,10,11)/q-1/p+1. The molecule has 1 aromatic rings. The summed E-state index contributed by atoms with van der Waals surface area (Å²) in [5, 5.41) is 21.9. The highest BCUT2D eigenvalue weighted by Gasteiger charge is 2.34. The predicted molar refractivity (Wildman–Crippen MR) is 50.7 cm³/mol. The number of rotatable bonds is 0. The Morgan fingerprint density at radius 1 is 1.31 bits per heavy atom. The molecule has 0 amide bonds. The molecule has 0 atom stereocenters. The molecule has 1 aliphatic rings. The van der Waals surface area contributed by atoms with Crippen molar-refractivity contribution in [1.29, 1.82) is 0 Å². The number of amidine groups is 1. The summed E-state index contributed by atoms with van der Waals surface area (Å²) in [6.45, 7) is -0.873. The first-order valence-electron chi connectivity index (χ1n) is 4.17. The van der Waals surface area contributed by atoms with Crippen molar-refractivity contribution in [1.82, 2.24) is 5.23 Å². The van der Waals surface area contributed by atoms with Crippen LogP contribution in [0.3, 0.4) is 0 Å². The van der Waals surface area contributed by atoms with Gasteiger partial charge in [-0.25, -0.2) is 0 Å². The number of benzene rings is 1. The van der Waals surface area contributed by atoms with Crippen LogP contribution >= 0.6 is 0 Å². The average Bonchev–Trinajstić information content (AvgIpc) is 2.02. The second-order valence-corrected chi connectivity index (χ2v) is 3.26. The van der Waals surface area contributed by atoms with E-state index in [1.165, 1.54) is 0 Å². The van der Waals surface area contributed by atoms with Gasteiger partial charge in [0.25, 0.3) is 0 Å². The first kappa shape index (κ1) is 8.28. The molecule has 4 nitrogen and oxygen atoms in total. The molecule has 1 heterocycles. The van der Waals surface area contributed by atoms with E-state index in [9.17, 15) is 10.0 Å². The summed E-state index contributed by atoms with van der Waals surface area (Å²) < 4.78 is 0. The molecule has 0 bridgehead atoms. The third-order valence-corrected chi connectivity index (χ3v) is 2.13. The molecule has 0 saturated heterocycles. The molecule has 0 unspecified atom stereocenters. The quantitative estimate of drug-likeness (QED) is 0.333. The van der Waals surface area contributed by atoms with E-state index in [0.717, 1.165) is 5.69 Å². The van der Waals surface area contributed by atoms with Crippen LogP contribution in [0.15, 0.2) is 24.3 Å². The summed E-state index contributed by atoms with van der Waals surface area (Å²) in [4.78, 5) is 3.02. The minimum Gasteiger partial charge on any atom is -0.540 e. The molecule has 0 fully saturated rings. The van der Waals surface area contributed by atoms with Gasteiger partial charge >= 0.3 is 6.69 Å². The lowest BCUT2D eigenvalue weighted by atomic mass is 9.63. The molecular weight excluding hydrogens is 167 g/mol. The van der Waals surface area contributed by atoms with Crippen LogP contribution in [-0.4, -0.2) is 22.6 Å². The first-order chi connectivity index (χ1) is 6.09. The monoisotopic (exact) mass is 178 g/mol. The molecule has 4 N–H and O–H groups in total. The number of fused-ring (bicyclic) bond motifs is 1. The van der Waals surface area contributed by atoms with E-state index in [2.05, 4.69) is 10.2 Å². The normalized spacial score (nSPS) is 18.5. The first-order valence-corrected chi connectivity index (χ1v) is 4.17. The second kappa shape index (κ2) is 2.58. The van der Waals surface area contributed by atoms with Crippen molar-refractivity contribution in [3.05, 3.63) is 24.3 Å². The molecular formula is C8H11BN2O2. The van der Waals surface area contributed by atoms with Gasteiger partial charge in [-0.05, 0) is 6.07 Å². The molecule has 0 spiro atoms. The molecule has 0 aliphatic carbocycles. The van der Waals surface area contributed by atoms with E-state index >= 15 is 0 Å². The van der Waals surface area contributed by atoms with E-state index in [-0.39, 0.29) is 0 Å². The van der Waals surface area contributed by atoms with Crippen molar-refractivity contribution in [2.45, 2.75) is 6.92 Å². The highest BCUT2D eigenvalue weighted by atomic mass is 16.4. The highest BCUT2D eigenvalue weighted by Crippen LogP contribution is 2.02. The van der Waals surface area contributed by atoms with Gasteiger partial charge in [0.05, 0.1) is 5.69 Å². The van der Waals surface area contributed by atoms with Crippen LogP contribution < -0.4 is 15.7 Å². The molecule has 13 heavy (non-hydrogen) atoms. The molecule has 68 valence electrons. The highest BCUT2D eigenvalue weighted by molar-refractivity contribution is 6.79. The van der Waals surface area contributed by atoms with Crippen molar-refractivity contribution in [3.63, 3.8) is 0 Å². The predicted octanol–water partition coefficient (Wildman–Crippen LogP) is -2.45. The van der Waals surface area contributed by atoms with Crippen molar-refractivity contribution < 1.29 is 15.0 Å². The SMILES string of the molecule is CC1=[NH+]c2ccccc2[B-](O)(O)N1. The second-order valence-electron chi connectivity index (χ2n) is 3.26. The Kier molecular flexibility index (Phi) is 1.64. The van der Waals surface area contributed by atoms with Crippen LogP contribution in [0.25, 0.3) is 0 Å². The Morgan fingerprint density at radius 3 is 2.77 bits per heavy atom.